The van der Waals surface area contributed by atoms with Gasteiger partial charge in [0.25, 0.3) is 0 Å². The highest BCUT2D eigenvalue weighted by Crippen LogP contribution is 2.21. The van der Waals surface area contributed by atoms with Gasteiger partial charge in [0, 0.05) is 44.3 Å². The number of benzene rings is 2. The van der Waals surface area contributed by atoms with E-state index in [-0.39, 0.29) is 0 Å². The summed E-state index contributed by atoms with van der Waals surface area (Å²) in [5.74, 6) is 1.42. The van der Waals surface area contributed by atoms with Crippen LogP contribution in [0.3, 0.4) is 0 Å². The van der Waals surface area contributed by atoms with Gasteiger partial charge in [0.15, 0.2) is 0 Å². The van der Waals surface area contributed by atoms with Crippen molar-refractivity contribution in [2.24, 2.45) is 5.73 Å². The summed E-state index contributed by atoms with van der Waals surface area (Å²) in [6.45, 7) is 4.71. The third kappa shape index (κ3) is 8.15. The van der Waals surface area contributed by atoms with Crippen molar-refractivity contribution in [3.63, 3.8) is 0 Å². The van der Waals surface area contributed by atoms with E-state index in [0.29, 0.717) is 63.9 Å². The van der Waals surface area contributed by atoms with E-state index in [1.54, 1.807) is 6.20 Å². The molecule has 0 amide bonds. The molecule has 0 atom stereocenters. The molecule has 0 aliphatic rings. The van der Waals surface area contributed by atoms with Gasteiger partial charge in [-0.25, -0.2) is 4.98 Å². The maximum atomic E-state index is 5.58. The molecule has 0 saturated heterocycles. The molecule has 5 N–H and O–H groups in total. The van der Waals surface area contributed by atoms with Crippen molar-refractivity contribution in [1.29, 1.82) is 0 Å². The second-order valence-electron chi connectivity index (χ2n) is 8.01. The largest absolute Gasteiger partial charge is 0.378 e. The fraction of sp³-hybridized carbons (Fsp3) is 0.360. The number of aryl methyl sites for hydroxylation is 1. The molecular formula is C25H33N9O2. The Bertz CT molecular complexity index is 1190. The highest BCUT2D eigenvalue weighted by Gasteiger charge is 2.08. The van der Waals surface area contributed by atoms with Gasteiger partial charge in [-0.05, 0) is 29.3 Å². The molecular weight excluding hydrogens is 458 g/mol. The van der Waals surface area contributed by atoms with Gasteiger partial charge in [-0.1, -0.05) is 30.3 Å². The predicted molar refractivity (Wildman–Crippen MR) is 142 cm³/mol. The van der Waals surface area contributed by atoms with Crippen LogP contribution in [0.4, 0.5) is 23.5 Å². The van der Waals surface area contributed by atoms with Gasteiger partial charge < -0.3 is 35.7 Å². The molecule has 0 aliphatic heterocycles. The third-order valence-electron chi connectivity index (χ3n) is 5.24. The first-order valence-corrected chi connectivity index (χ1v) is 12.1. The maximum Gasteiger partial charge on any atom is 0.233 e. The summed E-state index contributed by atoms with van der Waals surface area (Å²) < 4.78 is 12.9. The topological polar surface area (TPSA) is 137 Å². The van der Waals surface area contributed by atoms with Crippen LogP contribution in [-0.4, -0.2) is 70.6 Å². The van der Waals surface area contributed by atoms with Crippen LogP contribution in [0.25, 0.3) is 10.8 Å². The average Bonchev–Trinajstić information content (AvgIpc) is 3.42. The number of nitrogens with zero attached hydrogens (tertiary/aromatic N) is 5. The maximum absolute atomic E-state index is 5.58. The van der Waals surface area contributed by atoms with Crippen molar-refractivity contribution < 1.29 is 9.47 Å². The average molecular weight is 492 g/mol. The number of nitrogens with one attached hydrogen (secondary N) is 3. The molecule has 11 heteroatoms. The van der Waals surface area contributed by atoms with Crippen molar-refractivity contribution in [2.45, 2.75) is 13.0 Å². The minimum atomic E-state index is 0.455. The lowest BCUT2D eigenvalue weighted by molar-refractivity contribution is 0.0547. The van der Waals surface area contributed by atoms with Crippen LogP contribution in [-0.2, 0) is 16.0 Å². The van der Waals surface area contributed by atoms with E-state index in [1.807, 2.05) is 35.3 Å². The second-order valence-corrected chi connectivity index (χ2v) is 8.01. The fourth-order valence-corrected chi connectivity index (χ4v) is 3.51. The number of ether oxygens (including phenoxy) is 2. The van der Waals surface area contributed by atoms with Gasteiger partial charge in [-0.2, -0.15) is 15.0 Å². The number of hydrogen-bond acceptors (Lipinski definition) is 10. The van der Waals surface area contributed by atoms with Gasteiger partial charge in [-0.3, -0.25) is 0 Å². The molecule has 0 saturated carbocycles. The standard InChI is InChI=1S/C25H33N9O2/c26-8-14-35-16-17-36-15-11-29-24-31-23(28-9-3-12-34-13-10-27-19-34)32-25(33-24)30-22-7-6-20-4-1-2-5-21(20)18-22/h1-2,4-7,10,13,18-19H,3,8-9,11-12,14-17,26H2,(H3,28,29,30,31,32,33). The lowest BCUT2D eigenvalue weighted by atomic mass is 10.1. The van der Waals surface area contributed by atoms with Gasteiger partial charge in [0.1, 0.15) is 0 Å². The third-order valence-corrected chi connectivity index (χ3v) is 5.24. The lowest BCUT2D eigenvalue weighted by Gasteiger charge is -2.12. The first-order chi connectivity index (χ1) is 17.8. The van der Waals surface area contributed by atoms with E-state index in [2.05, 4.69) is 60.2 Å². The molecule has 0 radical (unpaired) electrons. The molecule has 0 aliphatic carbocycles. The van der Waals surface area contributed by atoms with Gasteiger partial charge >= 0.3 is 0 Å². The molecule has 2 heterocycles. The molecule has 11 nitrogen and oxygen atoms in total. The molecule has 4 aromatic rings. The minimum Gasteiger partial charge on any atom is -0.378 e. The summed E-state index contributed by atoms with van der Waals surface area (Å²) in [6, 6.07) is 14.4. The lowest BCUT2D eigenvalue weighted by Crippen LogP contribution is -2.17. The monoisotopic (exact) mass is 491 g/mol. The van der Waals surface area contributed by atoms with E-state index in [1.165, 1.54) is 5.39 Å². The molecule has 0 bridgehead atoms. The molecule has 190 valence electrons. The first-order valence-electron chi connectivity index (χ1n) is 12.1. The van der Waals surface area contributed by atoms with Crippen LogP contribution in [0, 0.1) is 0 Å². The number of imidazole rings is 1. The Kier molecular flexibility index (Phi) is 9.79. The van der Waals surface area contributed by atoms with Crippen molar-refractivity contribution in [3.8, 4) is 0 Å². The zero-order valence-electron chi connectivity index (χ0n) is 20.3. The zero-order valence-corrected chi connectivity index (χ0v) is 20.3. The molecule has 4 rings (SSSR count). The Morgan fingerprint density at radius 1 is 0.806 bits per heavy atom. The van der Waals surface area contributed by atoms with E-state index in [0.717, 1.165) is 24.0 Å². The first kappa shape index (κ1) is 25.3. The van der Waals surface area contributed by atoms with Crippen LogP contribution in [0.2, 0.25) is 0 Å². The van der Waals surface area contributed by atoms with Crippen LogP contribution in [0.1, 0.15) is 6.42 Å². The van der Waals surface area contributed by atoms with Gasteiger partial charge in [0.2, 0.25) is 17.8 Å². The van der Waals surface area contributed by atoms with Crippen LogP contribution in [0.5, 0.6) is 0 Å². The normalized spacial score (nSPS) is 11.0. The van der Waals surface area contributed by atoms with Crippen LogP contribution in [0.15, 0.2) is 61.2 Å². The Hall–Kier alpha value is -3.80. The highest BCUT2D eigenvalue weighted by molar-refractivity contribution is 5.86. The molecule has 0 spiro atoms. The van der Waals surface area contributed by atoms with Crippen LogP contribution < -0.4 is 21.7 Å². The van der Waals surface area contributed by atoms with E-state index >= 15 is 0 Å². The number of fused-ring (bicyclic) bond motifs is 1. The zero-order chi connectivity index (χ0) is 24.8. The van der Waals surface area contributed by atoms with E-state index in [9.17, 15) is 0 Å². The quantitative estimate of drug-likeness (QED) is 0.173. The number of nitrogens with two attached hydrogens (primary N) is 1. The van der Waals surface area contributed by atoms with Crippen molar-refractivity contribution in [3.05, 3.63) is 61.2 Å². The SMILES string of the molecule is NCCOCCOCCNc1nc(NCCCn2ccnc2)nc(Nc2ccc3ccccc3c2)n1. The molecule has 2 aromatic heterocycles. The Morgan fingerprint density at radius 3 is 2.33 bits per heavy atom. The number of aromatic nitrogens is 5. The van der Waals surface area contributed by atoms with Gasteiger partial charge in [0.05, 0.1) is 32.8 Å². The summed E-state index contributed by atoms with van der Waals surface area (Å²) in [5.41, 5.74) is 6.31. The minimum absolute atomic E-state index is 0.455. The Balaban J connectivity index is 1.36. The number of anilines is 4. The predicted octanol–water partition coefficient (Wildman–Crippen LogP) is 2.87. The van der Waals surface area contributed by atoms with Crippen molar-refractivity contribution >= 4 is 34.3 Å². The highest BCUT2D eigenvalue weighted by atomic mass is 16.5. The van der Waals surface area contributed by atoms with E-state index < -0.39 is 0 Å². The summed E-state index contributed by atoms with van der Waals surface area (Å²) >= 11 is 0. The molecule has 2 aromatic carbocycles. The molecule has 0 unspecified atom stereocenters. The van der Waals surface area contributed by atoms with Gasteiger partial charge in [-0.15, -0.1) is 0 Å². The van der Waals surface area contributed by atoms with Crippen LogP contribution >= 0.6 is 0 Å². The summed E-state index contributed by atoms with van der Waals surface area (Å²) in [7, 11) is 0. The Labute approximate surface area is 210 Å². The summed E-state index contributed by atoms with van der Waals surface area (Å²) in [4.78, 5) is 17.7. The fourth-order valence-electron chi connectivity index (χ4n) is 3.51. The number of rotatable bonds is 16. The number of hydrogen-bond donors (Lipinski definition) is 4. The summed E-state index contributed by atoms with van der Waals surface area (Å²) in [6.07, 6.45) is 6.43. The molecule has 36 heavy (non-hydrogen) atoms. The molecule has 0 fully saturated rings. The smallest absolute Gasteiger partial charge is 0.233 e. The van der Waals surface area contributed by atoms with Crippen molar-refractivity contribution in [2.75, 3.05) is 62.0 Å². The van der Waals surface area contributed by atoms with Crippen molar-refractivity contribution in [1.82, 2.24) is 24.5 Å². The Morgan fingerprint density at radius 2 is 1.56 bits per heavy atom. The summed E-state index contributed by atoms with van der Waals surface area (Å²) in [5, 5.41) is 12.1. The van der Waals surface area contributed by atoms with E-state index in [4.69, 9.17) is 15.2 Å². The second kappa shape index (κ2) is 13.9.